The number of benzene rings is 1. The van der Waals surface area contributed by atoms with Crippen molar-refractivity contribution in [3.8, 4) is 0 Å². The zero-order valence-electron chi connectivity index (χ0n) is 6.27. The van der Waals surface area contributed by atoms with Crippen LogP contribution >= 0.6 is 0 Å². The molecule has 1 aromatic carbocycles. The summed E-state index contributed by atoms with van der Waals surface area (Å²) in [5, 5.41) is 19.5. The van der Waals surface area contributed by atoms with E-state index in [0.717, 1.165) is 10.8 Å². The number of hydrogen-bond acceptors (Lipinski definition) is 3. The van der Waals surface area contributed by atoms with Gasteiger partial charge in [0.15, 0.2) is 0 Å². The Labute approximate surface area is 69.4 Å². The van der Waals surface area contributed by atoms with Gasteiger partial charge in [-0.25, -0.2) is 0 Å². The van der Waals surface area contributed by atoms with Crippen molar-refractivity contribution in [3.63, 3.8) is 0 Å². The topological polar surface area (TPSA) is 53.6 Å². The van der Waals surface area contributed by atoms with Crippen LogP contribution in [-0.4, -0.2) is 17.2 Å². The molecule has 2 aromatic rings. The Kier molecular flexibility index (Phi) is 1.64. The average Bonchev–Trinajstić information content (AvgIpc) is 2.49. The molecule has 0 unspecified atom stereocenters. The molecule has 0 aliphatic rings. The van der Waals surface area contributed by atoms with Crippen LogP contribution < -0.4 is 5.46 Å². The number of rotatable bonds is 1. The third kappa shape index (κ3) is 1.11. The Hall–Kier alpha value is -1.26. The molecule has 1 heterocycles. The normalized spacial score (nSPS) is 10.5. The maximum Gasteiger partial charge on any atom is 0.488 e. The van der Waals surface area contributed by atoms with E-state index in [1.54, 1.807) is 30.7 Å². The molecule has 60 valence electrons. The maximum atomic E-state index is 8.85. The maximum absolute atomic E-state index is 8.85. The third-order valence-electron chi connectivity index (χ3n) is 1.80. The van der Waals surface area contributed by atoms with E-state index in [1.165, 1.54) is 0 Å². The van der Waals surface area contributed by atoms with Crippen molar-refractivity contribution < 1.29 is 14.5 Å². The van der Waals surface area contributed by atoms with Gasteiger partial charge in [0.05, 0.1) is 12.5 Å². The van der Waals surface area contributed by atoms with Crippen molar-refractivity contribution in [3.05, 3.63) is 30.7 Å². The predicted molar refractivity (Wildman–Crippen MR) is 46.0 cm³/mol. The van der Waals surface area contributed by atoms with Gasteiger partial charge in [-0.1, -0.05) is 18.2 Å². The molecule has 12 heavy (non-hydrogen) atoms. The first-order valence-electron chi connectivity index (χ1n) is 3.59. The highest BCUT2D eigenvalue weighted by molar-refractivity contribution is 6.58. The Balaban J connectivity index is 2.60. The van der Waals surface area contributed by atoms with Gasteiger partial charge in [-0.15, -0.1) is 0 Å². The fourth-order valence-corrected chi connectivity index (χ4v) is 1.14. The summed E-state index contributed by atoms with van der Waals surface area (Å²) in [5.41, 5.74) is 0.476. The van der Waals surface area contributed by atoms with E-state index in [2.05, 4.69) is 0 Å². The van der Waals surface area contributed by atoms with E-state index < -0.39 is 7.12 Å². The summed E-state index contributed by atoms with van der Waals surface area (Å²) < 4.78 is 4.94. The van der Waals surface area contributed by atoms with E-state index in [-0.39, 0.29) is 0 Å². The monoisotopic (exact) mass is 162 g/mol. The summed E-state index contributed by atoms with van der Waals surface area (Å²) in [6.07, 6.45) is 3.18. The zero-order chi connectivity index (χ0) is 8.55. The first-order chi connectivity index (χ1) is 5.77. The summed E-state index contributed by atoms with van der Waals surface area (Å²) in [6, 6.07) is 5.12. The van der Waals surface area contributed by atoms with Gasteiger partial charge in [0.1, 0.15) is 0 Å². The molecule has 0 aliphatic heterocycles. The van der Waals surface area contributed by atoms with Crippen LogP contribution in [0.5, 0.6) is 0 Å². The van der Waals surface area contributed by atoms with Crippen LogP contribution in [0.2, 0.25) is 0 Å². The van der Waals surface area contributed by atoms with Crippen LogP contribution in [0, 0.1) is 0 Å². The lowest BCUT2D eigenvalue weighted by Crippen LogP contribution is -2.29. The first kappa shape index (κ1) is 7.40. The largest absolute Gasteiger partial charge is 0.488 e. The van der Waals surface area contributed by atoms with Gasteiger partial charge in [0, 0.05) is 10.8 Å². The lowest BCUT2D eigenvalue weighted by Gasteiger charge is -1.97. The lowest BCUT2D eigenvalue weighted by atomic mass is 9.80. The molecule has 4 heteroatoms. The summed E-state index contributed by atoms with van der Waals surface area (Å²) in [5.74, 6) is 0. The van der Waals surface area contributed by atoms with Crippen molar-refractivity contribution in [1.82, 2.24) is 0 Å². The minimum absolute atomic E-state index is 0.476. The molecule has 0 saturated carbocycles. The summed E-state index contributed by atoms with van der Waals surface area (Å²) >= 11 is 0. The molecule has 2 rings (SSSR count). The Morgan fingerprint density at radius 3 is 2.58 bits per heavy atom. The highest BCUT2D eigenvalue weighted by Crippen LogP contribution is 2.12. The van der Waals surface area contributed by atoms with Gasteiger partial charge in [-0.2, -0.15) is 0 Å². The van der Waals surface area contributed by atoms with E-state index >= 15 is 0 Å². The molecule has 0 atom stereocenters. The molecule has 0 fully saturated rings. The van der Waals surface area contributed by atoms with Crippen molar-refractivity contribution in [1.29, 1.82) is 0 Å². The van der Waals surface area contributed by atoms with Crippen LogP contribution in [0.15, 0.2) is 35.1 Å². The molecule has 0 radical (unpaired) electrons. The van der Waals surface area contributed by atoms with Gasteiger partial charge in [0.25, 0.3) is 0 Å². The molecule has 0 bridgehead atoms. The second-order valence-electron chi connectivity index (χ2n) is 2.63. The molecule has 3 nitrogen and oxygen atoms in total. The van der Waals surface area contributed by atoms with Gasteiger partial charge < -0.3 is 14.5 Å². The van der Waals surface area contributed by atoms with Crippen LogP contribution in [0.4, 0.5) is 0 Å². The first-order valence-corrected chi connectivity index (χ1v) is 3.59. The molecule has 1 aromatic heterocycles. The summed E-state index contributed by atoms with van der Waals surface area (Å²) in [4.78, 5) is 0. The van der Waals surface area contributed by atoms with Crippen molar-refractivity contribution in [2.45, 2.75) is 0 Å². The Morgan fingerprint density at radius 2 is 1.83 bits per heavy atom. The molecule has 0 saturated heterocycles. The number of hydrogen-bond donors (Lipinski definition) is 2. The number of furan rings is 1. The second kappa shape index (κ2) is 2.66. The molecular formula is C8H7BO3. The smallest absolute Gasteiger partial charge is 0.471 e. The van der Waals surface area contributed by atoms with Gasteiger partial charge in [-0.3, -0.25) is 0 Å². The fourth-order valence-electron chi connectivity index (χ4n) is 1.14. The van der Waals surface area contributed by atoms with Crippen LogP contribution in [0.1, 0.15) is 0 Å². The van der Waals surface area contributed by atoms with Crippen molar-refractivity contribution >= 4 is 23.4 Å². The Bertz CT molecular complexity index is 394. The van der Waals surface area contributed by atoms with E-state index in [0.29, 0.717) is 5.46 Å². The predicted octanol–water partition coefficient (Wildman–Crippen LogP) is 0.113. The zero-order valence-corrected chi connectivity index (χ0v) is 6.27. The molecule has 0 spiro atoms. The Morgan fingerprint density at radius 1 is 1.08 bits per heavy atom. The quantitative estimate of drug-likeness (QED) is 0.585. The molecule has 2 N–H and O–H groups in total. The molecular weight excluding hydrogens is 155 g/mol. The minimum Gasteiger partial charge on any atom is -0.471 e. The van der Waals surface area contributed by atoms with Crippen LogP contribution in [0.3, 0.4) is 0 Å². The van der Waals surface area contributed by atoms with Crippen molar-refractivity contribution in [2.75, 3.05) is 0 Å². The number of fused-ring (bicyclic) bond motifs is 1. The highest BCUT2D eigenvalue weighted by Gasteiger charge is 2.10. The van der Waals surface area contributed by atoms with E-state index in [1.807, 2.05) is 0 Å². The van der Waals surface area contributed by atoms with E-state index in [4.69, 9.17) is 14.5 Å². The lowest BCUT2D eigenvalue weighted by molar-refractivity contribution is 0.426. The third-order valence-corrected chi connectivity index (χ3v) is 1.80. The average molecular weight is 162 g/mol. The fraction of sp³-hybridized carbons (Fsp3) is 0. The summed E-state index contributed by atoms with van der Waals surface area (Å²) in [7, 11) is -1.41. The second-order valence-corrected chi connectivity index (χ2v) is 2.63. The highest BCUT2D eigenvalue weighted by atomic mass is 16.4. The standard InChI is InChI=1S/C8H7BO3/c10-9(11)8-2-1-6-4-12-5-7(6)3-8/h1-5,10-11H. The van der Waals surface area contributed by atoms with Gasteiger partial charge in [0.2, 0.25) is 0 Å². The van der Waals surface area contributed by atoms with E-state index in [9.17, 15) is 0 Å². The molecule has 0 amide bonds. The van der Waals surface area contributed by atoms with Gasteiger partial charge >= 0.3 is 7.12 Å². The summed E-state index contributed by atoms with van der Waals surface area (Å²) in [6.45, 7) is 0. The minimum atomic E-state index is -1.41. The van der Waals surface area contributed by atoms with Crippen molar-refractivity contribution in [2.24, 2.45) is 0 Å². The molecule has 0 aliphatic carbocycles. The SMILES string of the molecule is OB(O)c1ccc2cocc2c1. The van der Waals surface area contributed by atoms with Crippen LogP contribution in [0.25, 0.3) is 10.8 Å². The van der Waals surface area contributed by atoms with Crippen LogP contribution in [-0.2, 0) is 0 Å². The van der Waals surface area contributed by atoms with Gasteiger partial charge in [-0.05, 0) is 5.46 Å².